The number of hydrogen-bond acceptors (Lipinski definition) is 8. The summed E-state index contributed by atoms with van der Waals surface area (Å²) >= 11 is 0. The van der Waals surface area contributed by atoms with Gasteiger partial charge >= 0.3 is 15.6 Å². The molecule has 4 rings (SSSR count). The summed E-state index contributed by atoms with van der Waals surface area (Å²) in [6.45, 7) is 0.672. The minimum absolute atomic E-state index is 0.0467. The van der Waals surface area contributed by atoms with Crippen molar-refractivity contribution >= 4 is 10.1 Å². The van der Waals surface area contributed by atoms with Gasteiger partial charge in [-0.15, -0.1) is 0 Å². The van der Waals surface area contributed by atoms with Gasteiger partial charge in [0.15, 0.2) is 5.79 Å². The molecule has 12 heteroatoms. The van der Waals surface area contributed by atoms with Crippen LogP contribution in [-0.4, -0.2) is 55.8 Å². The van der Waals surface area contributed by atoms with E-state index in [0.29, 0.717) is 11.1 Å². The molecule has 3 aromatic rings. The average Bonchev–Trinajstić information content (AvgIpc) is 2.93. The van der Waals surface area contributed by atoms with E-state index in [2.05, 4.69) is 0 Å². The molecule has 0 amide bonds. The average molecular weight is 597 g/mol. The van der Waals surface area contributed by atoms with Gasteiger partial charge in [-0.3, -0.25) is 4.18 Å². The van der Waals surface area contributed by atoms with Crippen LogP contribution in [-0.2, 0) is 53.1 Å². The molecule has 0 aromatic heterocycles. The Morgan fingerprint density at radius 2 is 1.24 bits per heavy atom. The Hall–Kier alpha value is -2.84. The summed E-state index contributed by atoms with van der Waals surface area (Å²) in [6, 6.07) is 26.4. The van der Waals surface area contributed by atoms with E-state index >= 15 is 0 Å². The van der Waals surface area contributed by atoms with Crippen LogP contribution < -0.4 is 0 Å². The van der Waals surface area contributed by atoms with Crippen molar-refractivity contribution < 1.29 is 49.8 Å². The summed E-state index contributed by atoms with van der Waals surface area (Å²) in [5, 5.41) is 11.3. The van der Waals surface area contributed by atoms with Crippen LogP contribution in [0, 0.1) is 0 Å². The number of benzene rings is 3. The molecule has 0 radical (unpaired) electrons. The molecule has 222 valence electrons. The number of alkyl halides is 3. The van der Waals surface area contributed by atoms with Gasteiger partial charge in [-0.2, -0.15) is 21.6 Å². The summed E-state index contributed by atoms with van der Waals surface area (Å²) in [7, 11) is -6.10. The number of aliphatic hydroxyl groups is 1. The molecule has 0 bridgehead atoms. The lowest BCUT2D eigenvalue weighted by molar-refractivity contribution is -0.355. The Labute approximate surface area is 236 Å². The smallest absolute Gasteiger partial charge is 0.374 e. The Balaban J connectivity index is 1.65. The molecule has 1 N–H and O–H groups in total. The van der Waals surface area contributed by atoms with Crippen LogP contribution in [0.2, 0.25) is 0 Å². The quantitative estimate of drug-likeness (QED) is 0.237. The van der Waals surface area contributed by atoms with Gasteiger partial charge in [-0.25, -0.2) is 0 Å². The molecule has 0 unspecified atom stereocenters. The van der Waals surface area contributed by atoms with Gasteiger partial charge in [0.05, 0.1) is 26.4 Å². The molecule has 1 heterocycles. The first-order valence-electron chi connectivity index (χ1n) is 12.8. The molecular formula is C29H31F3O8S. The Bertz CT molecular complexity index is 1320. The lowest BCUT2D eigenvalue weighted by Crippen LogP contribution is -2.66. The second-order valence-electron chi connectivity index (χ2n) is 9.65. The lowest BCUT2D eigenvalue weighted by atomic mass is 9.93. The fraction of sp³-hybridized carbons (Fsp3) is 0.379. The van der Waals surface area contributed by atoms with Gasteiger partial charge in [-0.05, 0) is 23.6 Å². The van der Waals surface area contributed by atoms with E-state index in [9.17, 15) is 26.7 Å². The molecule has 0 spiro atoms. The number of ether oxygens (including phenoxy) is 4. The van der Waals surface area contributed by atoms with E-state index < -0.39 is 52.4 Å². The normalized spacial score (nSPS) is 25.2. The molecule has 1 saturated heterocycles. The minimum atomic E-state index is -6.10. The zero-order valence-electron chi connectivity index (χ0n) is 22.1. The second kappa shape index (κ2) is 13.4. The molecular weight excluding hydrogens is 565 g/mol. The molecule has 3 aromatic carbocycles. The van der Waals surface area contributed by atoms with Gasteiger partial charge in [0.25, 0.3) is 0 Å². The van der Waals surface area contributed by atoms with Crippen molar-refractivity contribution in [2.75, 3.05) is 6.61 Å². The molecule has 1 aliphatic heterocycles. The summed E-state index contributed by atoms with van der Waals surface area (Å²) in [5.41, 5.74) is -3.61. The first-order chi connectivity index (χ1) is 19.5. The largest absolute Gasteiger partial charge is 0.523 e. The van der Waals surface area contributed by atoms with Crippen LogP contribution in [0.5, 0.6) is 0 Å². The first-order valence-corrected chi connectivity index (χ1v) is 14.2. The maximum absolute atomic E-state index is 13.5. The van der Waals surface area contributed by atoms with Crippen LogP contribution >= 0.6 is 0 Å². The maximum Gasteiger partial charge on any atom is 0.523 e. The van der Waals surface area contributed by atoms with Gasteiger partial charge < -0.3 is 24.1 Å². The van der Waals surface area contributed by atoms with Gasteiger partial charge in [-0.1, -0.05) is 91.0 Å². The third-order valence-corrected chi connectivity index (χ3v) is 7.42. The van der Waals surface area contributed by atoms with Gasteiger partial charge in [0, 0.05) is 0 Å². The molecule has 41 heavy (non-hydrogen) atoms. The van der Waals surface area contributed by atoms with Crippen molar-refractivity contribution in [2.24, 2.45) is 0 Å². The molecule has 0 saturated carbocycles. The van der Waals surface area contributed by atoms with E-state index in [4.69, 9.17) is 23.1 Å². The Morgan fingerprint density at radius 3 is 1.73 bits per heavy atom. The third kappa shape index (κ3) is 8.35. The fourth-order valence-electron chi connectivity index (χ4n) is 4.40. The van der Waals surface area contributed by atoms with Crippen molar-refractivity contribution in [1.82, 2.24) is 0 Å². The van der Waals surface area contributed by atoms with Crippen molar-refractivity contribution in [3.63, 3.8) is 0 Å². The summed E-state index contributed by atoms with van der Waals surface area (Å²) < 4.78 is 93.0. The van der Waals surface area contributed by atoms with Gasteiger partial charge in [0.1, 0.15) is 24.4 Å². The summed E-state index contributed by atoms with van der Waals surface area (Å²) in [4.78, 5) is 0. The maximum atomic E-state index is 13.5. The molecule has 8 nitrogen and oxygen atoms in total. The van der Waals surface area contributed by atoms with Crippen LogP contribution in [0.15, 0.2) is 91.0 Å². The van der Waals surface area contributed by atoms with Crippen LogP contribution in [0.3, 0.4) is 0 Å². The Kier molecular flexibility index (Phi) is 10.2. The van der Waals surface area contributed by atoms with Crippen molar-refractivity contribution in [3.8, 4) is 0 Å². The van der Waals surface area contributed by atoms with E-state index in [1.165, 1.54) is 6.92 Å². The third-order valence-electron chi connectivity index (χ3n) is 6.38. The molecule has 1 fully saturated rings. The zero-order valence-corrected chi connectivity index (χ0v) is 23.0. The zero-order chi connectivity index (χ0) is 29.5. The summed E-state index contributed by atoms with van der Waals surface area (Å²) in [6.07, 6.45) is -6.35. The highest BCUT2D eigenvalue weighted by Crippen LogP contribution is 2.37. The highest BCUT2D eigenvalue weighted by Gasteiger charge is 2.58. The number of halogens is 3. The molecule has 0 aliphatic carbocycles. The van der Waals surface area contributed by atoms with Crippen LogP contribution in [0.25, 0.3) is 0 Å². The van der Waals surface area contributed by atoms with E-state index in [0.717, 1.165) is 5.56 Å². The minimum Gasteiger partial charge on any atom is -0.374 e. The van der Waals surface area contributed by atoms with Crippen molar-refractivity contribution in [3.05, 3.63) is 108 Å². The topological polar surface area (TPSA) is 101 Å². The second-order valence-corrected chi connectivity index (χ2v) is 11.2. The predicted molar refractivity (Wildman–Crippen MR) is 141 cm³/mol. The van der Waals surface area contributed by atoms with Gasteiger partial charge in [0.2, 0.25) is 0 Å². The van der Waals surface area contributed by atoms with Crippen molar-refractivity contribution in [2.45, 2.75) is 62.5 Å². The summed E-state index contributed by atoms with van der Waals surface area (Å²) in [5.74, 6) is -2.13. The fourth-order valence-corrected chi connectivity index (χ4v) is 5.04. The van der Waals surface area contributed by atoms with Crippen LogP contribution in [0.4, 0.5) is 13.2 Å². The van der Waals surface area contributed by atoms with Crippen LogP contribution in [0.1, 0.15) is 23.6 Å². The first kappa shape index (κ1) is 31.1. The number of hydrogen-bond donors (Lipinski definition) is 1. The predicted octanol–water partition coefficient (Wildman–Crippen LogP) is 4.72. The highest BCUT2D eigenvalue weighted by atomic mass is 32.2. The lowest BCUT2D eigenvalue weighted by Gasteiger charge is -2.48. The van der Waals surface area contributed by atoms with E-state index in [1.54, 1.807) is 91.0 Å². The number of rotatable bonds is 12. The Morgan fingerprint density at radius 1 is 0.780 bits per heavy atom. The van der Waals surface area contributed by atoms with E-state index in [-0.39, 0.29) is 19.8 Å². The molecule has 1 aliphatic rings. The van der Waals surface area contributed by atoms with E-state index in [1.807, 2.05) is 0 Å². The standard InChI is InChI=1S/C29H31F3O8S/c1-28(33)27(38-19-23-15-9-4-10-16-23)26(37-18-22-13-7-3-8-14-22)25(40-41(34,35)29(30,31)32)24(39-28)20-36-17-21-11-5-2-6-12-21/h2-16,24-27,33H,17-20H2,1H3/t24-,25+,26+,27-,28+/m1/s1. The monoisotopic (exact) mass is 596 g/mol. The van der Waals surface area contributed by atoms with Crippen molar-refractivity contribution in [1.29, 1.82) is 0 Å². The highest BCUT2D eigenvalue weighted by molar-refractivity contribution is 7.87. The molecule has 5 atom stereocenters. The SMILES string of the molecule is C[C@]1(O)O[C@H](COCc2ccccc2)[C@H](OS(=O)(=O)C(F)(F)F)[C@H](OCc2ccccc2)[C@H]1OCc1ccccc1.